The molecule has 1 heterocycles. The van der Waals surface area contributed by atoms with Crippen LogP contribution in [-0.2, 0) is 4.74 Å². The first-order valence-electron chi connectivity index (χ1n) is 7.24. The lowest BCUT2D eigenvalue weighted by atomic mass is 9.78. The van der Waals surface area contributed by atoms with E-state index >= 15 is 0 Å². The Morgan fingerprint density at radius 2 is 2.21 bits per heavy atom. The maximum Gasteiger partial charge on any atom is 0.0580 e. The summed E-state index contributed by atoms with van der Waals surface area (Å²) in [6.45, 7) is 8.33. The van der Waals surface area contributed by atoms with Gasteiger partial charge < -0.3 is 10.1 Å². The summed E-state index contributed by atoms with van der Waals surface area (Å²) in [5.41, 5.74) is 0. The molecule has 19 heavy (non-hydrogen) atoms. The molecule has 4 heteroatoms. The van der Waals surface area contributed by atoms with Crippen molar-refractivity contribution in [3.05, 3.63) is 20.3 Å². The molecular weight excluding hydrogens is 322 g/mol. The van der Waals surface area contributed by atoms with Crippen molar-refractivity contribution in [2.75, 3.05) is 13.2 Å². The van der Waals surface area contributed by atoms with Crippen LogP contribution in [0.1, 0.15) is 48.9 Å². The topological polar surface area (TPSA) is 21.3 Å². The van der Waals surface area contributed by atoms with Crippen LogP contribution in [0, 0.1) is 12.8 Å². The molecule has 1 saturated carbocycles. The zero-order valence-electron chi connectivity index (χ0n) is 12.0. The summed E-state index contributed by atoms with van der Waals surface area (Å²) in [5.74, 6) is 0.821. The molecule has 1 unspecified atom stereocenters. The van der Waals surface area contributed by atoms with Gasteiger partial charge in [0.05, 0.1) is 6.10 Å². The van der Waals surface area contributed by atoms with Crippen LogP contribution in [0.4, 0.5) is 0 Å². The highest BCUT2D eigenvalue weighted by Crippen LogP contribution is 2.39. The maximum atomic E-state index is 5.65. The van der Waals surface area contributed by atoms with E-state index in [0.717, 1.165) is 19.1 Å². The number of thiophene rings is 1. The van der Waals surface area contributed by atoms with Gasteiger partial charge in [0.2, 0.25) is 0 Å². The molecule has 1 aliphatic carbocycles. The van der Waals surface area contributed by atoms with Crippen LogP contribution in [0.2, 0.25) is 0 Å². The second-order valence-corrected chi connectivity index (χ2v) is 7.46. The lowest BCUT2D eigenvalue weighted by Gasteiger charge is -2.37. The Kier molecular flexibility index (Phi) is 5.87. The van der Waals surface area contributed by atoms with Gasteiger partial charge in [0.1, 0.15) is 0 Å². The van der Waals surface area contributed by atoms with E-state index in [1.165, 1.54) is 33.5 Å². The van der Waals surface area contributed by atoms with Crippen LogP contribution in [0.3, 0.4) is 0 Å². The van der Waals surface area contributed by atoms with E-state index in [4.69, 9.17) is 4.74 Å². The van der Waals surface area contributed by atoms with Gasteiger partial charge in [-0.25, -0.2) is 0 Å². The van der Waals surface area contributed by atoms with E-state index in [9.17, 15) is 0 Å². The molecule has 0 aromatic carbocycles. The fourth-order valence-corrected chi connectivity index (χ4v) is 4.42. The van der Waals surface area contributed by atoms with Crippen LogP contribution in [0.25, 0.3) is 0 Å². The zero-order chi connectivity index (χ0) is 13.8. The number of ether oxygens (including phenoxy) is 1. The highest BCUT2D eigenvalue weighted by Gasteiger charge is 2.32. The smallest absolute Gasteiger partial charge is 0.0580 e. The molecule has 0 radical (unpaired) electrons. The summed E-state index contributed by atoms with van der Waals surface area (Å²) < 4.78 is 6.90. The molecule has 0 aliphatic heterocycles. The molecule has 1 N–H and O–H groups in total. The molecule has 108 valence electrons. The zero-order valence-corrected chi connectivity index (χ0v) is 14.4. The van der Waals surface area contributed by atoms with E-state index in [2.05, 4.69) is 48.1 Å². The summed E-state index contributed by atoms with van der Waals surface area (Å²) in [6.07, 6.45) is 4.24. The average Bonchev–Trinajstić information content (AvgIpc) is 2.66. The lowest BCUT2D eigenvalue weighted by molar-refractivity contribution is -0.0290. The maximum absolute atomic E-state index is 5.65. The van der Waals surface area contributed by atoms with E-state index < -0.39 is 0 Å². The van der Waals surface area contributed by atoms with Crippen molar-refractivity contribution < 1.29 is 4.74 Å². The Bertz CT molecular complexity index is 381. The summed E-state index contributed by atoms with van der Waals surface area (Å²) in [7, 11) is 0. The predicted molar refractivity (Wildman–Crippen MR) is 85.9 cm³/mol. The summed E-state index contributed by atoms with van der Waals surface area (Å²) in [6, 6.07) is 2.79. The highest BCUT2D eigenvalue weighted by molar-refractivity contribution is 9.10. The van der Waals surface area contributed by atoms with Gasteiger partial charge in [-0.05, 0) is 67.6 Å². The van der Waals surface area contributed by atoms with Gasteiger partial charge in [-0.15, -0.1) is 11.3 Å². The summed E-state index contributed by atoms with van der Waals surface area (Å²) in [5, 5.41) is 3.63. The third-order valence-corrected chi connectivity index (χ3v) is 6.08. The van der Waals surface area contributed by atoms with Crippen LogP contribution < -0.4 is 5.32 Å². The summed E-state index contributed by atoms with van der Waals surface area (Å²) in [4.78, 5) is 2.84. The third-order valence-electron chi connectivity index (χ3n) is 3.83. The fraction of sp³-hybridized carbons (Fsp3) is 0.733. The third kappa shape index (κ3) is 4.03. The number of rotatable bonds is 7. The van der Waals surface area contributed by atoms with Gasteiger partial charge >= 0.3 is 0 Å². The van der Waals surface area contributed by atoms with E-state index in [1.807, 2.05) is 11.3 Å². The molecule has 1 aromatic rings. The Morgan fingerprint density at radius 1 is 1.47 bits per heavy atom. The van der Waals surface area contributed by atoms with Crippen LogP contribution >= 0.6 is 27.3 Å². The van der Waals surface area contributed by atoms with E-state index in [0.29, 0.717) is 12.1 Å². The minimum absolute atomic E-state index is 0.507. The normalized spacial score (nSPS) is 24.2. The molecule has 2 nitrogen and oxygen atoms in total. The first-order chi connectivity index (χ1) is 9.13. The number of hydrogen-bond acceptors (Lipinski definition) is 3. The van der Waals surface area contributed by atoms with Gasteiger partial charge in [0.15, 0.2) is 0 Å². The molecule has 0 bridgehead atoms. The number of halogens is 1. The van der Waals surface area contributed by atoms with Crippen molar-refractivity contribution in [3.63, 3.8) is 0 Å². The second-order valence-electron chi connectivity index (χ2n) is 5.31. The molecule has 1 atom stereocenters. The van der Waals surface area contributed by atoms with Crippen molar-refractivity contribution in [2.24, 2.45) is 5.92 Å². The quantitative estimate of drug-likeness (QED) is 0.774. The van der Waals surface area contributed by atoms with Gasteiger partial charge in [-0.1, -0.05) is 6.92 Å². The lowest BCUT2D eigenvalue weighted by Crippen LogP contribution is -2.34. The second kappa shape index (κ2) is 7.21. The number of hydrogen-bond donors (Lipinski definition) is 1. The van der Waals surface area contributed by atoms with E-state index in [1.54, 1.807) is 0 Å². The fourth-order valence-electron chi connectivity index (χ4n) is 2.77. The first-order valence-corrected chi connectivity index (χ1v) is 8.85. The van der Waals surface area contributed by atoms with Crippen molar-refractivity contribution in [3.8, 4) is 0 Å². The van der Waals surface area contributed by atoms with Crippen LogP contribution in [0.5, 0.6) is 0 Å². The SMILES string of the molecule is CCNC(CC1CC(OCC)C1)c1cc(Br)c(C)s1. The Hall–Kier alpha value is 0.1000. The standard InChI is InChI=1S/C15H24BrNOS/c1-4-17-14(15-9-13(16)10(3)19-15)8-11-6-12(7-11)18-5-2/h9,11-12,14,17H,4-8H2,1-3H3. The largest absolute Gasteiger partial charge is 0.378 e. The van der Waals surface area contributed by atoms with Gasteiger partial charge in [-0.2, -0.15) is 0 Å². The molecule has 0 saturated heterocycles. The Labute approximate surface area is 129 Å². The Balaban J connectivity index is 1.90. The van der Waals surface area contributed by atoms with Crippen molar-refractivity contribution >= 4 is 27.3 Å². The molecule has 0 spiro atoms. The Morgan fingerprint density at radius 3 is 2.74 bits per heavy atom. The molecule has 1 aromatic heterocycles. The van der Waals surface area contributed by atoms with Crippen molar-refractivity contribution in [2.45, 2.75) is 52.2 Å². The van der Waals surface area contributed by atoms with E-state index in [-0.39, 0.29) is 0 Å². The summed E-state index contributed by atoms with van der Waals surface area (Å²) >= 11 is 5.53. The molecule has 0 amide bonds. The van der Waals surface area contributed by atoms with Crippen molar-refractivity contribution in [1.82, 2.24) is 5.32 Å². The predicted octanol–water partition coefficient (Wildman–Crippen LogP) is 4.67. The minimum Gasteiger partial charge on any atom is -0.378 e. The van der Waals surface area contributed by atoms with Crippen LogP contribution in [0.15, 0.2) is 10.5 Å². The molecule has 1 aliphatic rings. The highest BCUT2D eigenvalue weighted by atomic mass is 79.9. The first kappa shape index (κ1) is 15.5. The van der Waals surface area contributed by atoms with Crippen molar-refractivity contribution in [1.29, 1.82) is 0 Å². The monoisotopic (exact) mass is 345 g/mol. The number of aryl methyl sites for hydroxylation is 1. The molecule has 2 rings (SSSR count). The minimum atomic E-state index is 0.507. The molecule has 1 fully saturated rings. The van der Waals surface area contributed by atoms with Gasteiger partial charge in [0.25, 0.3) is 0 Å². The van der Waals surface area contributed by atoms with Gasteiger partial charge in [0, 0.05) is 26.9 Å². The van der Waals surface area contributed by atoms with Gasteiger partial charge in [-0.3, -0.25) is 0 Å². The molecular formula is C15H24BrNOS. The number of nitrogens with one attached hydrogen (secondary N) is 1. The average molecular weight is 346 g/mol. The van der Waals surface area contributed by atoms with Crippen LogP contribution in [-0.4, -0.2) is 19.3 Å².